The number of para-hydroxylation sites is 1. The molecule has 17 heteroatoms. The van der Waals surface area contributed by atoms with Gasteiger partial charge in [-0.15, -0.1) is 5.92 Å². The molecule has 3 aromatic rings. The maximum atomic E-state index is 13.4. The summed E-state index contributed by atoms with van der Waals surface area (Å²) in [6.07, 6.45) is -5.41. The number of nitrogens with zero attached hydrogens (tertiary/aromatic N) is 5. The lowest BCUT2D eigenvalue weighted by molar-refractivity contribution is -0.203. The number of imidazole rings is 1. The van der Waals surface area contributed by atoms with Gasteiger partial charge < -0.3 is 20.4 Å². The van der Waals surface area contributed by atoms with E-state index in [1.807, 2.05) is 4.90 Å². The van der Waals surface area contributed by atoms with Crippen LogP contribution < -0.4 is 26.0 Å². The van der Waals surface area contributed by atoms with Crippen LogP contribution in [0, 0.1) is 11.8 Å². The summed E-state index contributed by atoms with van der Waals surface area (Å²) in [5, 5.41) is 5.96. The number of aromatic nitrogens is 4. The molecule has 1 saturated heterocycles. The van der Waals surface area contributed by atoms with Crippen molar-refractivity contribution in [1.82, 2.24) is 29.3 Å². The van der Waals surface area contributed by atoms with Crippen molar-refractivity contribution in [1.29, 1.82) is 0 Å². The molecule has 208 valence electrons. The minimum Gasteiger partial charge on any atom is -0.348 e. The molecule has 3 heterocycles. The van der Waals surface area contributed by atoms with Gasteiger partial charge in [0.25, 0.3) is 15.6 Å². The number of benzene rings is 1. The molecule has 2 aromatic heterocycles. The fourth-order valence-corrected chi connectivity index (χ4v) is 4.74. The summed E-state index contributed by atoms with van der Waals surface area (Å²) in [5.41, 5.74) is -0.369. The van der Waals surface area contributed by atoms with Crippen molar-refractivity contribution < 1.29 is 31.2 Å². The molecule has 3 N–H and O–H groups in total. The monoisotopic (exact) mass is 568 g/mol. The van der Waals surface area contributed by atoms with Gasteiger partial charge >= 0.3 is 12.1 Å². The summed E-state index contributed by atoms with van der Waals surface area (Å²) < 4.78 is 65.4. The van der Waals surface area contributed by atoms with Crippen LogP contribution >= 0.6 is 0 Å². The van der Waals surface area contributed by atoms with Gasteiger partial charge in [-0.25, -0.2) is 13.2 Å². The van der Waals surface area contributed by atoms with E-state index < -0.39 is 32.6 Å². The van der Waals surface area contributed by atoms with Crippen molar-refractivity contribution in [3.63, 3.8) is 0 Å². The van der Waals surface area contributed by atoms with Gasteiger partial charge in [-0.3, -0.25) is 13.9 Å². The van der Waals surface area contributed by atoms with Gasteiger partial charge in [-0.2, -0.15) is 23.1 Å². The first kappa shape index (κ1) is 27.9. The number of hydrogen-bond donors (Lipinski definition) is 3. The van der Waals surface area contributed by atoms with Crippen molar-refractivity contribution in [2.75, 3.05) is 36.4 Å². The minimum atomic E-state index is -5.41. The van der Waals surface area contributed by atoms with Gasteiger partial charge in [-0.1, -0.05) is 18.1 Å². The maximum Gasteiger partial charge on any atom is 0.492 e. The number of nitrogens with one attached hydrogen (secondary N) is 3. The zero-order chi connectivity index (χ0) is 28.4. The summed E-state index contributed by atoms with van der Waals surface area (Å²) in [5.74, 6) is 3.40. The highest BCUT2D eigenvalue weighted by molar-refractivity contribution is 7.89. The molecule has 0 amide bonds. The van der Waals surface area contributed by atoms with Crippen molar-refractivity contribution in [2.24, 2.45) is 7.05 Å². The number of fused-ring (bicyclic) bond motifs is 1. The van der Waals surface area contributed by atoms with Crippen molar-refractivity contribution in [3.05, 3.63) is 34.6 Å². The Bertz CT molecular complexity index is 1630. The van der Waals surface area contributed by atoms with Crippen LogP contribution in [0.25, 0.3) is 11.2 Å². The van der Waals surface area contributed by atoms with Gasteiger partial charge in [-0.05, 0) is 23.9 Å². The first-order valence-corrected chi connectivity index (χ1v) is 12.9. The van der Waals surface area contributed by atoms with Gasteiger partial charge in [0.05, 0.1) is 12.2 Å². The van der Waals surface area contributed by atoms with Crippen LogP contribution in [0.1, 0.15) is 6.92 Å². The Morgan fingerprint density at radius 3 is 2.56 bits per heavy atom. The van der Waals surface area contributed by atoms with E-state index in [0.29, 0.717) is 19.0 Å². The van der Waals surface area contributed by atoms with Crippen molar-refractivity contribution >= 4 is 44.7 Å². The number of sulfonamides is 1. The number of piperazine rings is 1. The number of carbonyl (C=O) groups is 1. The molecular formula is C22H23F3N8O5S. The zero-order valence-electron chi connectivity index (χ0n) is 20.7. The third-order valence-corrected chi connectivity index (χ3v) is 6.92. The molecule has 1 aliphatic rings. The highest BCUT2D eigenvalue weighted by Crippen LogP contribution is 2.26. The average Bonchev–Trinajstić information content (AvgIpc) is 3.27. The van der Waals surface area contributed by atoms with E-state index in [4.69, 9.17) is 0 Å². The maximum absolute atomic E-state index is 13.4. The lowest BCUT2D eigenvalue weighted by Crippen LogP contribution is -2.44. The molecule has 0 bridgehead atoms. The molecule has 0 atom stereocenters. The normalized spacial score (nSPS) is 14.1. The van der Waals surface area contributed by atoms with Crippen molar-refractivity contribution in [3.8, 4) is 11.8 Å². The summed E-state index contributed by atoms with van der Waals surface area (Å²) in [7, 11) is -3.37. The predicted octanol–water partition coefficient (Wildman–Crippen LogP) is 0.605. The summed E-state index contributed by atoms with van der Waals surface area (Å²) in [4.78, 5) is 39.7. The van der Waals surface area contributed by atoms with Crippen LogP contribution in [0.4, 0.5) is 30.8 Å². The third-order valence-electron chi connectivity index (χ3n) is 5.68. The van der Waals surface area contributed by atoms with E-state index in [1.54, 1.807) is 11.5 Å². The summed E-state index contributed by atoms with van der Waals surface area (Å²) in [6, 6.07) is 5.10. The highest BCUT2D eigenvalue weighted by Gasteiger charge is 2.42. The van der Waals surface area contributed by atoms with Gasteiger partial charge in [0.2, 0.25) is 11.9 Å². The van der Waals surface area contributed by atoms with E-state index in [0.717, 1.165) is 28.6 Å². The summed E-state index contributed by atoms with van der Waals surface area (Å²) >= 11 is 0. The second kappa shape index (κ2) is 10.9. The number of rotatable bonds is 7. The van der Waals surface area contributed by atoms with Crippen LogP contribution in [0.3, 0.4) is 0 Å². The van der Waals surface area contributed by atoms with E-state index >= 15 is 0 Å². The number of carbonyl (C=O) groups excluding carboxylic acids is 1. The zero-order valence-corrected chi connectivity index (χ0v) is 21.5. The SMILES string of the molecule is CC#CCn1c(N2CCNCC2)nc2nc(Nc3ccccc3S(=O)(=O)NOC(=O)C(F)(F)F)n(C)c(=O)c21. The molecule has 0 unspecified atom stereocenters. The molecular weight excluding hydrogens is 545 g/mol. The van der Waals surface area contributed by atoms with Crippen LogP contribution in [0.15, 0.2) is 34.0 Å². The van der Waals surface area contributed by atoms with E-state index in [2.05, 4.69) is 37.3 Å². The lowest BCUT2D eigenvalue weighted by Gasteiger charge is -2.28. The second-order valence-corrected chi connectivity index (χ2v) is 9.84. The molecule has 1 aliphatic heterocycles. The Morgan fingerprint density at radius 1 is 1.21 bits per heavy atom. The smallest absolute Gasteiger partial charge is 0.348 e. The van der Waals surface area contributed by atoms with Gasteiger partial charge in [0, 0.05) is 33.2 Å². The molecule has 1 fully saturated rings. The molecule has 0 radical (unpaired) electrons. The first-order valence-electron chi connectivity index (χ1n) is 11.4. The Balaban J connectivity index is 1.74. The predicted molar refractivity (Wildman–Crippen MR) is 133 cm³/mol. The van der Waals surface area contributed by atoms with Crippen LogP contribution in [0.5, 0.6) is 0 Å². The topological polar surface area (TPSA) is 152 Å². The van der Waals surface area contributed by atoms with Crippen LogP contribution in [-0.4, -0.2) is 65.8 Å². The molecule has 4 rings (SSSR count). The summed E-state index contributed by atoms with van der Waals surface area (Å²) in [6.45, 7) is 4.60. The minimum absolute atomic E-state index is 0.0876. The Morgan fingerprint density at radius 2 is 1.90 bits per heavy atom. The first-order chi connectivity index (χ1) is 18.4. The molecule has 0 saturated carbocycles. The average molecular weight is 569 g/mol. The molecule has 0 aliphatic carbocycles. The van der Waals surface area contributed by atoms with Gasteiger partial charge in [0.15, 0.2) is 11.2 Å². The third kappa shape index (κ3) is 5.82. The Kier molecular flexibility index (Phi) is 7.81. The highest BCUT2D eigenvalue weighted by atomic mass is 32.2. The second-order valence-electron chi connectivity index (χ2n) is 8.23. The quantitative estimate of drug-likeness (QED) is 0.273. The van der Waals surface area contributed by atoms with Crippen molar-refractivity contribution in [2.45, 2.75) is 24.5 Å². The molecule has 1 aromatic carbocycles. The van der Waals surface area contributed by atoms with E-state index in [-0.39, 0.29) is 29.3 Å². The number of halogens is 3. The fraction of sp³-hybridized carbons (Fsp3) is 0.364. The van der Waals surface area contributed by atoms with Crippen LogP contribution in [-0.2, 0) is 33.2 Å². The van der Waals surface area contributed by atoms with Gasteiger partial charge in [0.1, 0.15) is 4.90 Å². The van der Waals surface area contributed by atoms with E-state index in [1.165, 1.54) is 25.2 Å². The molecule has 39 heavy (non-hydrogen) atoms. The molecule has 13 nitrogen and oxygen atoms in total. The lowest BCUT2D eigenvalue weighted by atomic mass is 10.3. The molecule has 0 spiro atoms. The number of anilines is 3. The Labute approximate surface area is 220 Å². The fourth-order valence-electron chi connectivity index (χ4n) is 3.79. The Hall–Kier alpha value is -4.14. The van der Waals surface area contributed by atoms with Crippen LogP contribution in [0.2, 0.25) is 0 Å². The standard InChI is InChI=1S/C22H23F3N8O5S/c1-3-4-11-33-16-17(29-21(33)32-12-9-26-10-13-32)28-20(31(2)18(16)34)27-14-7-5-6-8-15(14)39(36,37)30-38-19(35)22(23,24)25/h5-8,26,30H,9-13H2,1-2H3,(H,27,28). The largest absolute Gasteiger partial charge is 0.492 e. The van der Waals surface area contributed by atoms with E-state index in [9.17, 15) is 31.2 Å². The number of hydrogen-bond acceptors (Lipinski definition) is 10. The number of alkyl halides is 3.